The Bertz CT molecular complexity index is 435. The molecule has 1 aromatic rings. The van der Waals surface area contributed by atoms with E-state index in [0.717, 1.165) is 0 Å². The van der Waals surface area contributed by atoms with Gasteiger partial charge in [-0.05, 0) is 19.1 Å². The second-order valence-electron chi connectivity index (χ2n) is 3.27. The highest BCUT2D eigenvalue weighted by Gasteiger charge is 2.14. The molecule has 0 saturated carbocycles. The van der Waals surface area contributed by atoms with E-state index < -0.39 is 6.04 Å². The van der Waals surface area contributed by atoms with Crippen LogP contribution in [0.15, 0.2) is 18.2 Å². The van der Waals surface area contributed by atoms with Gasteiger partial charge in [0.25, 0.3) is 0 Å². The smallest absolute Gasteiger partial charge is 0.241 e. The molecule has 1 aromatic carbocycles. The maximum Gasteiger partial charge on any atom is 0.241 e. The maximum absolute atomic E-state index is 11.4. The molecular weight excluding hydrogens is 206 g/mol. The highest BCUT2D eigenvalue weighted by molar-refractivity contribution is 5.97. The summed E-state index contributed by atoms with van der Waals surface area (Å²) in [7, 11) is 1.47. The molecule has 1 rings (SSSR count). The van der Waals surface area contributed by atoms with E-state index in [-0.39, 0.29) is 5.91 Å². The van der Waals surface area contributed by atoms with Gasteiger partial charge in [0.1, 0.15) is 17.5 Å². The molecule has 0 aliphatic heterocycles. The third-order valence-corrected chi connectivity index (χ3v) is 2.03. The number of nitriles is 1. The molecule has 3 N–H and O–H groups in total. The lowest BCUT2D eigenvalue weighted by Gasteiger charge is -2.12. The quantitative estimate of drug-likeness (QED) is 0.788. The number of carbonyl (C=O) groups is 1. The van der Waals surface area contributed by atoms with Crippen molar-refractivity contribution in [2.24, 2.45) is 5.73 Å². The van der Waals surface area contributed by atoms with Gasteiger partial charge in [0.05, 0.1) is 18.7 Å². The summed E-state index contributed by atoms with van der Waals surface area (Å²) < 4.78 is 5.06. The lowest BCUT2D eigenvalue weighted by molar-refractivity contribution is -0.117. The van der Waals surface area contributed by atoms with Gasteiger partial charge in [-0.15, -0.1) is 0 Å². The number of carbonyl (C=O) groups excluding carboxylic acids is 1. The first kappa shape index (κ1) is 12.0. The highest BCUT2D eigenvalue weighted by Crippen LogP contribution is 2.27. The number of nitrogens with zero attached hydrogens (tertiary/aromatic N) is 1. The fourth-order valence-corrected chi connectivity index (χ4v) is 1.16. The Labute approximate surface area is 93.8 Å². The van der Waals surface area contributed by atoms with Crippen LogP contribution in [-0.2, 0) is 4.79 Å². The molecule has 0 spiro atoms. The first-order chi connectivity index (χ1) is 7.60. The van der Waals surface area contributed by atoms with E-state index in [1.807, 2.05) is 6.07 Å². The minimum Gasteiger partial charge on any atom is -0.495 e. The highest BCUT2D eigenvalue weighted by atomic mass is 16.5. The first-order valence-electron chi connectivity index (χ1n) is 4.73. The number of benzene rings is 1. The lowest BCUT2D eigenvalue weighted by atomic mass is 10.1. The van der Waals surface area contributed by atoms with E-state index in [9.17, 15) is 4.79 Å². The minimum atomic E-state index is -0.642. The summed E-state index contributed by atoms with van der Waals surface area (Å²) >= 11 is 0. The minimum absolute atomic E-state index is 0.341. The topological polar surface area (TPSA) is 88.1 Å². The SMILES string of the molecule is COc1cccc(C#N)c1NC(=O)[C@H](C)N. The van der Waals surface area contributed by atoms with Gasteiger partial charge in [-0.1, -0.05) is 6.07 Å². The van der Waals surface area contributed by atoms with Crippen LogP contribution in [0.3, 0.4) is 0 Å². The van der Waals surface area contributed by atoms with Gasteiger partial charge < -0.3 is 15.8 Å². The Morgan fingerprint density at radius 2 is 2.31 bits per heavy atom. The molecule has 0 heterocycles. The molecule has 16 heavy (non-hydrogen) atoms. The van der Waals surface area contributed by atoms with E-state index in [1.54, 1.807) is 25.1 Å². The fourth-order valence-electron chi connectivity index (χ4n) is 1.16. The van der Waals surface area contributed by atoms with Crippen LogP contribution in [0.4, 0.5) is 5.69 Å². The lowest BCUT2D eigenvalue weighted by Crippen LogP contribution is -2.32. The molecule has 0 unspecified atom stereocenters. The van der Waals surface area contributed by atoms with E-state index >= 15 is 0 Å². The number of nitrogens with one attached hydrogen (secondary N) is 1. The predicted molar refractivity (Wildman–Crippen MR) is 60.0 cm³/mol. The number of para-hydroxylation sites is 1. The first-order valence-corrected chi connectivity index (χ1v) is 4.73. The molecule has 5 nitrogen and oxygen atoms in total. The Hall–Kier alpha value is -2.06. The van der Waals surface area contributed by atoms with Crippen molar-refractivity contribution in [2.75, 3.05) is 12.4 Å². The van der Waals surface area contributed by atoms with Crippen LogP contribution in [-0.4, -0.2) is 19.1 Å². The van der Waals surface area contributed by atoms with E-state index in [2.05, 4.69) is 5.32 Å². The molecule has 0 radical (unpaired) electrons. The molecule has 0 fully saturated rings. The van der Waals surface area contributed by atoms with Gasteiger partial charge in [-0.3, -0.25) is 4.79 Å². The molecule has 0 aliphatic rings. The van der Waals surface area contributed by atoms with Gasteiger partial charge in [0, 0.05) is 0 Å². The van der Waals surface area contributed by atoms with E-state index in [0.29, 0.717) is 17.0 Å². The number of hydrogen-bond donors (Lipinski definition) is 2. The average molecular weight is 219 g/mol. The van der Waals surface area contributed by atoms with Crippen LogP contribution < -0.4 is 15.8 Å². The summed E-state index contributed by atoms with van der Waals surface area (Å²) in [6.07, 6.45) is 0. The summed E-state index contributed by atoms with van der Waals surface area (Å²) in [5, 5.41) is 11.5. The van der Waals surface area contributed by atoms with Crippen LogP contribution in [0.2, 0.25) is 0 Å². The standard InChI is InChI=1S/C11H13N3O2/c1-7(13)11(15)14-10-8(6-12)4-3-5-9(10)16-2/h3-5,7H,13H2,1-2H3,(H,14,15)/t7-/m0/s1. The van der Waals surface area contributed by atoms with Crippen molar-refractivity contribution in [3.8, 4) is 11.8 Å². The molecule has 5 heteroatoms. The molecule has 84 valence electrons. The number of anilines is 1. The van der Waals surface area contributed by atoms with Crippen molar-refractivity contribution in [1.82, 2.24) is 0 Å². The fraction of sp³-hybridized carbons (Fsp3) is 0.273. The number of amides is 1. The Morgan fingerprint density at radius 3 is 2.81 bits per heavy atom. The third kappa shape index (κ3) is 2.49. The largest absolute Gasteiger partial charge is 0.495 e. The van der Waals surface area contributed by atoms with E-state index in [1.165, 1.54) is 7.11 Å². The van der Waals surface area contributed by atoms with E-state index in [4.69, 9.17) is 15.7 Å². The second-order valence-corrected chi connectivity index (χ2v) is 3.27. The average Bonchev–Trinajstić information content (AvgIpc) is 2.29. The number of methoxy groups -OCH3 is 1. The second kappa shape index (κ2) is 5.14. The zero-order valence-corrected chi connectivity index (χ0v) is 9.15. The number of nitrogens with two attached hydrogens (primary N) is 1. The monoisotopic (exact) mass is 219 g/mol. The number of hydrogen-bond acceptors (Lipinski definition) is 4. The Balaban J connectivity index is 3.10. The van der Waals surface area contributed by atoms with Gasteiger partial charge in [-0.2, -0.15) is 5.26 Å². The summed E-state index contributed by atoms with van der Waals surface area (Å²) in [5.74, 6) is 0.0778. The van der Waals surface area contributed by atoms with Crippen LogP contribution in [0, 0.1) is 11.3 Å². The number of ether oxygens (including phenoxy) is 1. The van der Waals surface area contributed by atoms with Gasteiger partial charge in [0.2, 0.25) is 5.91 Å². The van der Waals surface area contributed by atoms with Crippen LogP contribution in [0.25, 0.3) is 0 Å². The van der Waals surface area contributed by atoms with Crippen LogP contribution in [0.5, 0.6) is 5.75 Å². The molecule has 1 amide bonds. The Morgan fingerprint density at radius 1 is 1.62 bits per heavy atom. The molecule has 0 aliphatic carbocycles. The molecule has 0 aromatic heterocycles. The summed E-state index contributed by atoms with van der Waals surface area (Å²) in [5.41, 5.74) is 6.13. The third-order valence-electron chi connectivity index (χ3n) is 2.03. The van der Waals surface area contributed by atoms with Crippen molar-refractivity contribution in [2.45, 2.75) is 13.0 Å². The van der Waals surface area contributed by atoms with Crippen molar-refractivity contribution >= 4 is 11.6 Å². The van der Waals surface area contributed by atoms with Crippen molar-refractivity contribution in [1.29, 1.82) is 5.26 Å². The summed E-state index contributed by atoms with van der Waals surface area (Å²) in [6, 6.07) is 6.28. The molecule has 0 saturated heterocycles. The summed E-state index contributed by atoms with van der Waals surface area (Å²) in [6.45, 7) is 1.57. The Kier molecular flexibility index (Phi) is 3.86. The van der Waals surface area contributed by atoms with Crippen LogP contribution >= 0.6 is 0 Å². The molecular formula is C11H13N3O2. The summed E-state index contributed by atoms with van der Waals surface area (Å²) in [4.78, 5) is 11.4. The zero-order valence-electron chi connectivity index (χ0n) is 9.15. The van der Waals surface area contributed by atoms with Crippen LogP contribution in [0.1, 0.15) is 12.5 Å². The van der Waals surface area contributed by atoms with Gasteiger partial charge in [-0.25, -0.2) is 0 Å². The normalized spacial score (nSPS) is 11.4. The van der Waals surface area contributed by atoms with Gasteiger partial charge in [0.15, 0.2) is 0 Å². The maximum atomic E-state index is 11.4. The van der Waals surface area contributed by atoms with Crippen molar-refractivity contribution in [3.63, 3.8) is 0 Å². The van der Waals surface area contributed by atoms with Gasteiger partial charge >= 0.3 is 0 Å². The predicted octanol–water partition coefficient (Wildman–Crippen LogP) is 0.853. The molecule has 1 atom stereocenters. The molecule has 0 bridgehead atoms. The van der Waals surface area contributed by atoms with Crippen molar-refractivity contribution < 1.29 is 9.53 Å². The zero-order chi connectivity index (χ0) is 12.1. The van der Waals surface area contributed by atoms with Crippen molar-refractivity contribution in [3.05, 3.63) is 23.8 Å². The number of rotatable bonds is 3.